The predicted molar refractivity (Wildman–Crippen MR) is 106 cm³/mol. The second kappa shape index (κ2) is 7.44. The molecule has 0 saturated heterocycles. The lowest BCUT2D eigenvalue weighted by atomic mass is 10.2. The Kier molecular flexibility index (Phi) is 5.09. The topological polar surface area (TPSA) is 61.9 Å². The van der Waals surface area contributed by atoms with Crippen molar-refractivity contribution in [2.75, 3.05) is 5.32 Å². The van der Waals surface area contributed by atoms with Gasteiger partial charge < -0.3 is 15.0 Å². The van der Waals surface area contributed by atoms with Gasteiger partial charge in [0.1, 0.15) is 0 Å². The number of hydrogen-bond acceptors (Lipinski definition) is 3. The van der Waals surface area contributed by atoms with E-state index in [1.54, 1.807) is 0 Å². The van der Waals surface area contributed by atoms with Gasteiger partial charge in [0.05, 0.1) is 5.52 Å². The fraction of sp³-hybridized carbons (Fsp3) is 0.211. The lowest BCUT2D eigenvalue weighted by Crippen LogP contribution is -2.04. The number of para-hydroxylation sites is 1. The Labute approximate surface area is 152 Å². The van der Waals surface area contributed by atoms with E-state index in [0.717, 1.165) is 28.6 Å². The van der Waals surface area contributed by atoms with E-state index in [0.29, 0.717) is 12.2 Å². The molecular formula is C19H20N4OS. The highest BCUT2D eigenvalue weighted by Crippen LogP contribution is 2.38. The molecule has 3 aromatic rings. The summed E-state index contributed by atoms with van der Waals surface area (Å²) in [4.78, 5) is 0. The summed E-state index contributed by atoms with van der Waals surface area (Å²) in [5.74, 6) is 0.116. The van der Waals surface area contributed by atoms with Crippen LogP contribution in [0.5, 0.6) is 5.88 Å². The number of nitrogens with one attached hydrogen (secondary N) is 1. The van der Waals surface area contributed by atoms with Crippen molar-refractivity contribution in [2.24, 2.45) is 10.2 Å². The molecule has 3 rings (SSSR count). The highest BCUT2D eigenvalue weighted by atomic mass is 32.1. The Morgan fingerprint density at radius 1 is 1.20 bits per heavy atom. The maximum atomic E-state index is 10.5. The van der Waals surface area contributed by atoms with Crippen molar-refractivity contribution in [1.82, 2.24) is 4.57 Å². The van der Waals surface area contributed by atoms with E-state index >= 15 is 0 Å². The van der Waals surface area contributed by atoms with Gasteiger partial charge in [-0.2, -0.15) is 0 Å². The summed E-state index contributed by atoms with van der Waals surface area (Å²) in [6.07, 6.45) is 0.913. The summed E-state index contributed by atoms with van der Waals surface area (Å²) in [7, 11) is 0. The Bertz CT molecular complexity index is 946. The molecule has 0 atom stereocenters. The van der Waals surface area contributed by atoms with Crippen LogP contribution in [0.15, 0.2) is 58.8 Å². The number of aryl methyl sites for hydroxylation is 2. The third kappa shape index (κ3) is 3.69. The Balaban J connectivity index is 1.88. The zero-order valence-electron chi connectivity index (χ0n) is 14.2. The molecule has 0 fully saturated rings. The Hall–Kier alpha value is -2.73. The highest BCUT2D eigenvalue weighted by Gasteiger charge is 2.15. The molecule has 0 unspecified atom stereocenters. The van der Waals surface area contributed by atoms with E-state index < -0.39 is 0 Å². The summed E-state index contributed by atoms with van der Waals surface area (Å²) in [6, 6.07) is 15.6. The van der Waals surface area contributed by atoms with Crippen LogP contribution >= 0.6 is 12.2 Å². The highest BCUT2D eigenvalue weighted by molar-refractivity contribution is 7.80. The van der Waals surface area contributed by atoms with E-state index in [2.05, 4.69) is 22.5 Å². The van der Waals surface area contributed by atoms with Gasteiger partial charge in [0, 0.05) is 17.6 Å². The number of benzene rings is 2. The van der Waals surface area contributed by atoms with Gasteiger partial charge in [-0.15, -0.1) is 10.2 Å². The van der Waals surface area contributed by atoms with E-state index in [1.807, 2.05) is 60.0 Å². The average molecular weight is 352 g/mol. The number of anilines is 1. The molecule has 0 aliphatic carbocycles. The van der Waals surface area contributed by atoms with Gasteiger partial charge in [0.25, 0.3) is 0 Å². The SMILES string of the molecule is CCCn1c(O)c(N=NC(=S)Nc2cccc(C)c2)c2ccccc21. The molecule has 0 aliphatic rings. The van der Waals surface area contributed by atoms with Crippen LogP contribution in [0.4, 0.5) is 11.4 Å². The van der Waals surface area contributed by atoms with Crippen LogP contribution in [0.25, 0.3) is 10.9 Å². The largest absolute Gasteiger partial charge is 0.493 e. The van der Waals surface area contributed by atoms with Crippen molar-refractivity contribution < 1.29 is 5.11 Å². The summed E-state index contributed by atoms with van der Waals surface area (Å²) in [5.41, 5.74) is 3.37. The van der Waals surface area contributed by atoms with Crippen LogP contribution < -0.4 is 5.32 Å². The van der Waals surface area contributed by atoms with Crippen molar-refractivity contribution >= 4 is 39.6 Å². The summed E-state index contributed by atoms with van der Waals surface area (Å²) in [6.45, 7) is 4.79. The fourth-order valence-electron chi connectivity index (χ4n) is 2.79. The smallest absolute Gasteiger partial charge is 0.220 e. The third-order valence-electron chi connectivity index (χ3n) is 3.87. The zero-order chi connectivity index (χ0) is 17.8. The van der Waals surface area contributed by atoms with Crippen molar-refractivity contribution in [2.45, 2.75) is 26.8 Å². The average Bonchev–Trinajstić information content (AvgIpc) is 2.86. The van der Waals surface area contributed by atoms with E-state index in [1.165, 1.54) is 0 Å². The van der Waals surface area contributed by atoms with Crippen molar-refractivity contribution in [3.8, 4) is 5.88 Å². The first-order chi connectivity index (χ1) is 12.1. The number of azo groups is 1. The third-order valence-corrected chi connectivity index (χ3v) is 4.06. The van der Waals surface area contributed by atoms with Crippen LogP contribution in [0.2, 0.25) is 0 Å². The van der Waals surface area contributed by atoms with Crippen molar-refractivity contribution in [3.63, 3.8) is 0 Å². The molecular weight excluding hydrogens is 332 g/mol. The minimum absolute atomic E-state index is 0.116. The molecule has 0 radical (unpaired) electrons. The Morgan fingerprint density at radius 2 is 2.00 bits per heavy atom. The molecule has 6 heteroatoms. The maximum absolute atomic E-state index is 10.5. The second-order valence-corrected chi connectivity index (χ2v) is 6.23. The molecule has 0 spiro atoms. The van der Waals surface area contributed by atoms with Gasteiger partial charge in [-0.25, -0.2) is 0 Å². The first-order valence-corrected chi connectivity index (χ1v) is 8.60. The van der Waals surface area contributed by atoms with E-state index in [9.17, 15) is 5.11 Å². The molecule has 0 saturated carbocycles. The van der Waals surface area contributed by atoms with Crippen molar-refractivity contribution in [1.29, 1.82) is 0 Å². The van der Waals surface area contributed by atoms with Crippen LogP contribution in [-0.4, -0.2) is 14.8 Å². The molecule has 1 heterocycles. The number of hydrogen-bond donors (Lipinski definition) is 2. The van der Waals surface area contributed by atoms with Gasteiger partial charge in [0.2, 0.25) is 11.0 Å². The lowest BCUT2D eigenvalue weighted by molar-refractivity contribution is 0.421. The van der Waals surface area contributed by atoms with Gasteiger partial charge in [0.15, 0.2) is 5.69 Å². The minimum Gasteiger partial charge on any atom is -0.493 e. The molecule has 1 aromatic heterocycles. The molecule has 0 amide bonds. The first kappa shape index (κ1) is 17.1. The van der Waals surface area contributed by atoms with Gasteiger partial charge in [-0.05, 0) is 49.3 Å². The standard InChI is InChI=1S/C19H20N4OS/c1-3-11-23-16-10-5-4-9-15(16)17(18(23)24)21-22-19(25)20-14-8-6-7-13(2)12-14/h4-10,12,24H,3,11H2,1-2H3,(H,20,25). The maximum Gasteiger partial charge on any atom is 0.220 e. The number of nitrogens with zero attached hydrogens (tertiary/aromatic N) is 3. The van der Waals surface area contributed by atoms with E-state index in [-0.39, 0.29) is 11.0 Å². The van der Waals surface area contributed by atoms with Crippen LogP contribution in [0.1, 0.15) is 18.9 Å². The predicted octanol–water partition coefficient (Wildman–Crippen LogP) is 5.55. The number of fused-ring (bicyclic) bond motifs is 1. The van der Waals surface area contributed by atoms with Gasteiger partial charge in [-0.3, -0.25) is 0 Å². The minimum atomic E-state index is 0.116. The number of rotatable bonds is 4. The molecule has 2 N–H and O–H groups in total. The number of aromatic hydroxyl groups is 1. The van der Waals surface area contributed by atoms with Gasteiger partial charge >= 0.3 is 0 Å². The summed E-state index contributed by atoms with van der Waals surface area (Å²) in [5, 5.41) is 22.9. The molecule has 25 heavy (non-hydrogen) atoms. The number of aromatic nitrogens is 1. The molecule has 0 aliphatic heterocycles. The zero-order valence-corrected chi connectivity index (χ0v) is 15.0. The normalized spacial score (nSPS) is 11.3. The quantitative estimate of drug-likeness (QED) is 0.478. The first-order valence-electron chi connectivity index (χ1n) is 8.19. The van der Waals surface area contributed by atoms with Crippen molar-refractivity contribution in [3.05, 3.63) is 54.1 Å². The van der Waals surface area contributed by atoms with Crippen LogP contribution in [0.3, 0.4) is 0 Å². The number of thiocarbonyl (C=S) groups is 1. The molecule has 5 nitrogen and oxygen atoms in total. The summed E-state index contributed by atoms with van der Waals surface area (Å²) < 4.78 is 1.85. The molecule has 0 bridgehead atoms. The Morgan fingerprint density at radius 3 is 2.76 bits per heavy atom. The molecule has 2 aromatic carbocycles. The fourth-order valence-corrected chi connectivity index (χ4v) is 2.95. The second-order valence-electron chi connectivity index (χ2n) is 5.84. The lowest BCUT2D eigenvalue weighted by Gasteiger charge is -2.04. The summed E-state index contributed by atoms with van der Waals surface area (Å²) >= 11 is 5.24. The van der Waals surface area contributed by atoms with Crippen LogP contribution in [-0.2, 0) is 6.54 Å². The van der Waals surface area contributed by atoms with Gasteiger partial charge in [-0.1, -0.05) is 37.3 Å². The molecule has 128 valence electrons. The van der Waals surface area contributed by atoms with Crippen LogP contribution in [0, 0.1) is 6.92 Å². The van der Waals surface area contributed by atoms with E-state index in [4.69, 9.17) is 12.2 Å². The monoisotopic (exact) mass is 352 g/mol.